The van der Waals surface area contributed by atoms with Gasteiger partial charge in [0.1, 0.15) is 22.2 Å². The first-order valence-electron chi connectivity index (χ1n) is 9.14. The number of hydrogen-bond acceptors (Lipinski definition) is 4. The van der Waals surface area contributed by atoms with Gasteiger partial charge in [-0.3, -0.25) is 9.20 Å². The Bertz CT molecular complexity index is 1140. The van der Waals surface area contributed by atoms with E-state index in [1.165, 1.54) is 23.6 Å². The number of imidazole rings is 1. The van der Waals surface area contributed by atoms with E-state index in [2.05, 4.69) is 36.1 Å². The summed E-state index contributed by atoms with van der Waals surface area (Å²) in [6, 6.07) is 10.7. The molecule has 3 aromatic heterocycles. The number of carbonyl (C=O) groups excluding carboxylic acids is 1. The summed E-state index contributed by atoms with van der Waals surface area (Å²) in [7, 11) is 0. The standard InChI is InChI=1S/C21H21FN4OS/c1-21(2,3)11-10-17(27)25-19-18(26-12-13(22)8-9-16(26)24-19)20-23-14-6-4-5-7-15(14)28-20/h4-9,12H,10-11H2,1-3H3,(H,25,27). The van der Waals surface area contributed by atoms with Crippen molar-refractivity contribution in [1.29, 1.82) is 0 Å². The fraction of sp³-hybridized carbons (Fsp3) is 0.286. The van der Waals surface area contributed by atoms with Crippen LogP contribution < -0.4 is 5.32 Å². The average molecular weight is 396 g/mol. The molecule has 1 aromatic carbocycles. The van der Waals surface area contributed by atoms with Gasteiger partial charge in [0.05, 0.1) is 10.2 Å². The Morgan fingerprint density at radius 1 is 1.18 bits per heavy atom. The number of benzene rings is 1. The summed E-state index contributed by atoms with van der Waals surface area (Å²) in [6.45, 7) is 6.29. The summed E-state index contributed by atoms with van der Waals surface area (Å²) >= 11 is 1.49. The maximum absolute atomic E-state index is 13.9. The largest absolute Gasteiger partial charge is 0.309 e. The van der Waals surface area contributed by atoms with Gasteiger partial charge in [-0.15, -0.1) is 11.3 Å². The van der Waals surface area contributed by atoms with Crippen LogP contribution in [-0.4, -0.2) is 20.3 Å². The zero-order valence-electron chi connectivity index (χ0n) is 16.0. The normalized spacial score (nSPS) is 12.0. The van der Waals surface area contributed by atoms with Crippen LogP contribution in [0.1, 0.15) is 33.6 Å². The molecule has 0 aliphatic rings. The fourth-order valence-corrected chi connectivity index (χ4v) is 3.98. The third-order valence-electron chi connectivity index (χ3n) is 4.44. The van der Waals surface area contributed by atoms with Crippen molar-refractivity contribution in [2.24, 2.45) is 5.41 Å². The molecule has 0 saturated carbocycles. The zero-order valence-corrected chi connectivity index (χ0v) is 16.8. The highest BCUT2D eigenvalue weighted by Gasteiger charge is 2.21. The number of nitrogens with one attached hydrogen (secondary N) is 1. The lowest BCUT2D eigenvalue weighted by atomic mass is 9.90. The molecule has 0 fully saturated rings. The number of anilines is 1. The molecule has 3 heterocycles. The summed E-state index contributed by atoms with van der Waals surface area (Å²) in [4.78, 5) is 21.7. The lowest BCUT2D eigenvalue weighted by molar-refractivity contribution is -0.116. The predicted octanol–water partition coefficient (Wildman–Crippen LogP) is 5.51. The molecule has 4 aromatic rings. The van der Waals surface area contributed by atoms with Gasteiger partial charge in [-0.2, -0.15) is 0 Å². The topological polar surface area (TPSA) is 59.3 Å². The molecule has 0 atom stereocenters. The van der Waals surface area contributed by atoms with Crippen LogP contribution in [-0.2, 0) is 4.79 Å². The second-order valence-electron chi connectivity index (χ2n) is 7.98. The van der Waals surface area contributed by atoms with E-state index in [0.29, 0.717) is 28.6 Å². The molecule has 144 valence electrons. The molecule has 0 spiro atoms. The molecule has 1 N–H and O–H groups in total. The van der Waals surface area contributed by atoms with Crippen molar-refractivity contribution in [3.05, 3.63) is 48.4 Å². The van der Waals surface area contributed by atoms with Crippen LogP contribution in [0.4, 0.5) is 10.2 Å². The summed E-state index contributed by atoms with van der Waals surface area (Å²) in [5, 5.41) is 3.59. The lowest BCUT2D eigenvalue weighted by Gasteiger charge is -2.17. The van der Waals surface area contributed by atoms with Gasteiger partial charge in [-0.05, 0) is 36.1 Å². The number of halogens is 1. The van der Waals surface area contributed by atoms with Crippen molar-refractivity contribution in [3.8, 4) is 10.7 Å². The predicted molar refractivity (Wildman–Crippen MR) is 111 cm³/mol. The maximum atomic E-state index is 13.9. The number of nitrogens with zero attached hydrogens (tertiary/aromatic N) is 3. The van der Waals surface area contributed by atoms with Crippen LogP contribution in [0.3, 0.4) is 0 Å². The van der Waals surface area contributed by atoms with Crippen molar-refractivity contribution < 1.29 is 9.18 Å². The minimum absolute atomic E-state index is 0.0647. The van der Waals surface area contributed by atoms with Gasteiger partial charge in [-0.25, -0.2) is 14.4 Å². The van der Waals surface area contributed by atoms with Gasteiger partial charge in [-0.1, -0.05) is 32.9 Å². The van der Waals surface area contributed by atoms with Gasteiger partial charge in [0, 0.05) is 12.6 Å². The SMILES string of the molecule is CC(C)(C)CCC(=O)Nc1nc2ccc(F)cn2c1-c1nc2ccccc2s1. The molecule has 28 heavy (non-hydrogen) atoms. The summed E-state index contributed by atoms with van der Waals surface area (Å²) < 4.78 is 16.6. The Hall–Kier alpha value is -2.80. The maximum Gasteiger partial charge on any atom is 0.225 e. The Labute approximate surface area is 166 Å². The zero-order chi connectivity index (χ0) is 19.9. The van der Waals surface area contributed by atoms with E-state index < -0.39 is 0 Å². The number of fused-ring (bicyclic) bond motifs is 2. The molecule has 4 rings (SSSR count). The van der Waals surface area contributed by atoms with E-state index in [-0.39, 0.29) is 17.1 Å². The van der Waals surface area contributed by atoms with E-state index >= 15 is 0 Å². The van der Waals surface area contributed by atoms with E-state index in [0.717, 1.165) is 16.6 Å². The van der Waals surface area contributed by atoms with Crippen molar-refractivity contribution >= 4 is 38.9 Å². The smallest absolute Gasteiger partial charge is 0.225 e. The van der Waals surface area contributed by atoms with Crippen LogP contribution in [0, 0.1) is 11.2 Å². The van der Waals surface area contributed by atoms with E-state index in [1.54, 1.807) is 10.5 Å². The van der Waals surface area contributed by atoms with Crippen LogP contribution in [0.2, 0.25) is 0 Å². The minimum Gasteiger partial charge on any atom is -0.309 e. The van der Waals surface area contributed by atoms with E-state index in [1.807, 2.05) is 24.3 Å². The lowest BCUT2D eigenvalue weighted by Crippen LogP contribution is -2.16. The summed E-state index contributed by atoms with van der Waals surface area (Å²) in [5.41, 5.74) is 2.08. The van der Waals surface area contributed by atoms with E-state index in [9.17, 15) is 9.18 Å². The van der Waals surface area contributed by atoms with Gasteiger partial charge in [0.25, 0.3) is 0 Å². The molecule has 0 aliphatic heterocycles. The number of amides is 1. The number of pyridine rings is 1. The average Bonchev–Trinajstić information content (AvgIpc) is 3.19. The number of para-hydroxylation sites is 1. The van der Waals surface area contributed by atoms with Crippen molar-refractivity contribution in [1.82, 2.24) is 14.4 Å². The summed E-state index contributed by atoms with van der Waals surface area (Å²) in [6.07, 6.45) is 2.52. The third-order valence-corrected chi connectivity index (χ3v) is 5.48. The van der Waals surface area contributed by atoms with Gasteiger partial charge in [0.15, 0.2) is 5.82 Å². The Morgan fingerprint density at radius 3 is 2.71 bits per heavy atom. The first-order valence-corrected chi connectivity index (χ1v) is 9.95. The Morgan fingerprint density at radius 2 is 1.96 bits per heavy atom. The second-order valence-corrected chi connectivity index (χ2v) is 9.01. The van der Waals surface area contributed by atoms with Crippen LogP contribution in [0.15, 0.2) is 42.6 Å². The van der Waals surface area contributed by atoms with Gasteiger partial charge in [0.2, 0.25) is 5.91 Å². The molecule has 5 nitrogen and oxygen atoms in total. The van der Waals surface area contributed by atoms with Gasteiger partial charge < -0.3 is 5.32 Å². The first kappa shape index (κ1) is 18.6. The monoisotopic (exact) mass is 396 g/mol. The number of hydrogen-bond donors (Lipinski definition) is 1. The van der Waals surface area contributed by atoms with Crippen LogP contribution in [0.25, 0.3) is 26.6 Å². The fourth-order valence-electron chi connectivity index (χ4n) is 2.97. The molecular formula is C21H21FN4OS. The highest BCUT2D eigenvalue weighted by Crippen LogP contribution is 2.35. The molecule has 0 unspecified atom stereocenters. The number of carbonyl (C=O) groups is 1. The Kier molecular flexibility index (Phi) is 4.63. The molecule has 0 radical (unpaired) electrons. The number of thiazole rings is 1. The van der Waals surface area contributed by atoms with E-state index in [4.69, 9.17) is 0 Å². The molecule has 1 amide bonds. The molecule has 7 heteroatoms. The van der Waals surface area contributed by atoms with Gasteiger partial charge >= 0.3 is 0 Å². The number of rotatable bonds is 4. The van der Waals surface area contributed by atoms with Crippen LogP contribution >= 0.6 is 11.3 Å². The second kappa shape index (κ2) is 6.98. The molecular weight excluding hydrogens is 375 g/mol. The minimum atomic E-state index is -0.377. The quantitative estimate of drug-likeness (QED) is 0.494. The first-order chi connectivity index (χ1) is 13.3. The summed E-state index contributed by atoms with van der Waals surface area (Å²) in [5.74, 6) is -0.0809. The molecule has 0 aliphatic carbocycles. The Balaban J connectivity index is 1.78. The molecule has 0 saturated heterocycles. The third kappa shape index (κ3) is 3.75. The highest BCUT2D eigenvalue weighted by atomic mass is 32.1. The van der Waals surface area contributed by atoms with Crippen molar-refractivity contribution in [2.45, 2.75) is 33.6 Å². The van der Waals surface area contributed by atoms with Crippen LogP contribution in [0.5, 0.6) is 0 Å². The number of aromatic nitrogens is 3. The van der Waals surface area contributed by atoms with Crippen molar-refractivity contribution in [2.75, 3.05) is 5.32 Å². The highest BCUT2D eigenvalue weighted by molar-refractivity contribution is 7.21. The van der Waals surface area contributed by atoms with Crippen molar-refractivity contribution in [3.63, 3.8) is 0 Å². The molecule has 0 bridgehead atoms.